The predicted molar refractivity (Wildman–Crippen MR) is 112 cm³/mol. The van der Waals surface area contributed by atoms with Crippen LogP contribution in [0.2, 0.25) is 0 Å². The van der Waals surface area contributed by atoms with Gasteiger partial charge in [-0.05, 0) is 37.1 Å². The molecule has 0 unspecified atom stereocenters. The molecule has 0 bridgehead atoms. The monoisotopic (exact) mass is 418 g/mol. The first-order valence-corrected chi connectivity index (χ1v) is 10.2. The maximum absolute atomic E-state index is 13.0. The van der Waals surface area contributed by atoms with Crippen LogP contribution >= 0.6 is 0 Å². The number of hydrogen-bond acceptors (Lipinski definition) is 7. The van der Waals surface area contributed by atoms with Gasteiger partial charge in [0.2, 0.25) is 11.7 Å². The molecular weight excluding hydrogens is 396 g/mol. The highest BCUT2D eigenvalue weighted by Gasteiger charge is 2.30. The second-order valence-electron chi connectivity index (χ2n) is 7.69. The van der Waals surface area contributed by atoms with Gasteiger partial charge in [0.25, 0.3) is 5.89 Å². The van der Waals surface area contributed by atoms with E-state index in [-0.39, 0.29) is 12.3 Å². The fraction of sp³-hybridized carbons (Fsp3) is 0.304. The number of fused-ring (bicyclic) bond motifs is 1. The van der Waals surface area contributed by atoms with Gasteiger partial charge >= 0.3 is 0 Å². The number of aryl methyl sites for hydroxylation is 2. The highest BCUT2D eigenvalue weighted by Crippen LogP contribution is 2.28. The van der Waals surface area contributed by atoms with E-state index >= 15 is 0 Å². The molecule has 0 spiro atoms. The Morgan fingerprint density at radius 2 is 2.13 bits per heavy atom. The quantitative estimate of drug-likeness (QED) is 0.499. The summed E-state index contributed by atoms with van der Waals surface area (Å²) >= 11 is 0. The zero-order chi connectivity index (χ0) is 21.4. The van der Waals surface area contributed by atoms with Crippen LogP contribution in [0.1, 0.15) is 28.7 Å². The highest BCUT2D eigenvalue weighted by atomic mass is 16.5. The van der Waals surface area contributed by atoms with Gasteiger partial charge < -0.3 is 18.6 Å². The lowest BCUT2D eigenvalue weighted by atomic mass is 10.0. The molecule has 1 aromatic carbocycles. The third-order valence-corrected chi connectivity index (χ3v) is 5.71. The molecule has 1 saturated heterocycles. The van der Waals surface area contributed by atoms with E-state index in [1.165, 1.54) is 5.56 Å². The number of nitrogens with zero attached hydrogens (tertiary/aromatic N) is 4. The minimum atomic E-state index is -0.464. The van der Waals surface area contributed by atoms with E-state index in [9.17, 15) is 4.79 Å². The molecule has 1 aliphatic heterocycles. The van der Waals surface area contributed by atoms with E-state index in [2.05, 4.69) is 21.2 Å². The first-order chi connectivity index (χ1) is 15.1. The van der Waals surface area contributed by atoms with Crippen LogP contribution in [0.3, 0.4) is 0 Å². The van der Waals surface area contributed by atoms with E-state index < -0.39 is 6.10 Å². The van der Waals surface area contributed by atoms with Crippen LogP contribution in [-0.2, 0) is 16.0 Å². The minimum absolute atomic E-state index is 0.0127. The number of hydrogen-bond donors (Lipinski definition) is 0. The van der Waals surface area contributed by atoms with Crippen LogP contribution in [0.4, 0.5) is 0 Å². The number of benzene rings is 1. The van der Waals surface area contributed by atoms with Crippen molar-refractivity contribution in [3.63, 3.8) is 0 Å². The van der Waals surface area contributed by atoms with Crippen LogP contribution in [0.25, 0.3) is 22.5 Å². The molecule has 1 atom stereocenters. The van der Waals surface area contributed by atoms with Crippen molar-refractivity contribution in [1.82, 2.24) is 20.0 Å². The summed E-state index contributed by atoms with van der Waals surface area (Å²) < 4.78 is 16.9. The number of furan rings is 1. The van der Waals surface area contributed by atoms with E-state index in [1.807, 2.05) is 38.1 Å². The molecule has 158 valence electrons. The van der Waals surface area contributed by atoms with Gasteiger partial charge in [-0.15, -0.1) is 0 Å². The van der Waals surface area contributed by atoms with Crippen molar-refractivity contribution >= 4 is 16.9 Å². The Morgan fingerprint density at radius 3 is 2.97 bits per heavy atom. The topological polar surface area (TPSA) is 94.5 Å². The predicted octanol–water partition coefficient (Wildman–Crippen LogP) is 3.64. The lowest BCUT2D eigenvalue weighted by molar-refractivity contribution is -0.139. The molecule has 5 rings (SSSR count). The molecule has 1 aliphatic rings. The van der Waals surface area contributed by atoms with Crippen LogP contribution in [-0.4, -0.2) is 45.6 Å². The molecule has 0 radical (unpaired) electrons. The van der Waals surface area contributed by atoms with Crippen molar-refractivity contribution in [3.05, 3.63) is 65.4 Å². The van der Waals surface area contributed by atoms with Crippen LogP contribution in [0, 0.1) is 13.8 Å². The summed E-state index contributed by atoms with van der Waals surface area (Å²) in [4.78, 5) is 23.4. The number of ether oxygens (including phenoxy) is 1. The smallest absolute Gasteiger partial charge is 0.257 e. The zero-order valence-corrected chi connectivity index (χ0v) is 17.4. The molecule has 1 amide bonds. The third kappa shape index (κ3) is 3.70. The summed E-state index contributed by atoms with van der Waals surface area (Å²) in [7, 11) is 0. The van der Waals surface area contributed by atoms with Crippen LogP contribution in [0.5, 0.6) is 0 Å². The maximum Gasteiger partial charge on any atom is 0.257 e. The number of amides is 1. The largest absolute Gasteiger partial charge is 0.464 e. The molecule has 1 fully saturated rings. The van der Waals surface area contributed by atoms with Crippen molar-refractivity contribution in [3.8, 4) is 11.5 Å². The van der Waals surface area contributed by atoms with Gasteiger partial charge in [-0.3, -0.25) is 9.78 Å². The lowest BCUT2D eigenvalue weighted by Gasteiger charge is -2.31. The maximum atomic E-state index is 13.0. The van der Waals surface area contributed by atoms with E-state index in [0.29, 0.717) is 37.1 Å². The first kappa shape index (κ1) is 19.4. The lowest BCUT2D eigenvalue weighted by Crippen LogP contribution is -2.43. The van der Waals surface area contributed by atoms with Gasteiger partial charge in [-0.25, -0.2) is 0 Å². The summed E-state index contributed by atoms with van der Waals surface area (Å²) in [6.45, 7) is 5.36. The van der Waals surface area contributed by atoms with Crippen molar-refractivity contribution in [2.75, 3.05) is 19.7 Å². The average molecular weight is 418 g/mol. The molecule has 0 saturated carbocycles. The molecule has 3 aromatic heterocycles. The fourth-order valence-electron chi connectivity index (χ4n) is 3.79. The van der Waals surface area contributed by atoms with Crippen LogP contribution < -0.4 is 0 Å². The molecule has 31 heavy (non-hydrogen) atoms. The second-order valence-corrected chi connectivity index (χ2v) is 7.69. The molecule has 0 aliphatic carbocycles. The number of carbonyl (C=O) groups excluding carboxylic acids is 1. The Labute approximate surface area is 178 Å². The Kier molecular flexibility index (Phi) is 4.99. The Morgan fingerprint density at radius 1 is 1.23 bits per heavy atom. The van der Waals surface area contributed by atoms with Crippen LogP contribution in [0.15, 0.2) is 51.7 Å². The molecule has 8 nitrogen and oxygen atoms in total. The van der Waals surface area contributed by atoms with Gasteiger partial charge in [-0.1, -0.05) is 23.4 Å². The number of aromatic nitrogens is 3. The average Bonchev–Trinajstić information content (AvgIpc) is 3.45. The summed E-state index contributed by atoms with van der Waals surface area (Å²) in [6, 6.07) is 9.57. The number of morpholine rings is 1. The normalized spacial score (nSPS) is 16.7. The molecule has 4 heterocycles. The number of rotatable bonds is 4. The van der Waals surface area contributed by atoms with Crippen molar-refractivity contribution in [1.29, 1.82) is 0 Å². The van der Waals surface area contributed by atoms with Crippen molar-refractivity contribution in [2.45, 2.75) is 26.4 Å². The molecule has 4 aromatic rings. The first-order valence-electron chi connectivity index (χ1n) is 10.2. The summed E-state index contributed by atoms with van der Waals surface area (Å²) in [5.41, 5.74) is 4.62. The summed E-state index contributed by atoms with van der Waals surface area (Å²) in [6.07, 6.45) is 3.16. The highest BCUT2D eigenvalue weighted by molar-refractivity contribution is 5.89. The number of pyridine rings is 1. The van der Waals surface area contributed by atoms with Gasteiger partial charge in [-0.2, -0.15) is 4.98 Å². The Hall–Kier alpha value is -3.52. The second kappa shape index (κ2) is 7.96. The zero-order valence-electron chi connectivity index (χ0n) is 17.4. The molecule has 8 heteroatoms. The summed E-state index contributed by atoms with van der Waals surface area (Å²) in [5, 5.41) is 4.98. The fourth-order valence-corrected chi connectivity index (χ4v) is 3.79. The summed E-state index contributed by atoms with van der Waals surface area (Å²) in [5.74, 6) is 0.759. The minimum Gasteiger partial charge on any atom is -0.464 e. The SMILES string of the molecule is Cc1ccc2c(CC(=O)N3CCO[C@H](c4nc(-c5ccccn5)no4)C3)coc2c1C. The van der Waals surface area contributed by atoms with E-state index in [0.717, 1.165) is 22.1 Å². The Bertz CT molecular complexity index is 1230. The molecular formula is C23H22N4O4. The van der Waals surface area contributed by atoms with Gasteiger partial charge in [0.05, 0.1) is 25.8 Å². The van der Waals surface area contributed by atoms with E-state index in [1.54, 1.807) is 17.4 Å². The molecule has 0 N–H and O–H groups in total. The standard InChI is InChI=1S/C23H22N4O4/c1-14-6-7-17-16(13-30-21(17)15(14)2)11-20(28)27-9-10-29-19(12-27)23-25-22(26-31-23)18-5-3-4-8-24-18/h3-8,13,19H,9-12H2,1-2H3/t19-/m0/s1. The number of carbonyl (C=O) groups is 1. The van der Waals surface area contributed by atoms with E-state index in [4.69, 9.17) is 13.7 Å². The van der Waals surface area contributed by atoms with Crippen molar-refractivity contribution < 1.29 is 18.5 Å². The van der Waals surface area contributed by atoms with Gasteiger partial charge in [0.1, 0.15) is 11.3 Å². The van der Waals surface area contributed by atoms with Gasteiger partial charge in [0, 0.05) is 23.7 Å². The third-order valence-electron chi connectivity index (χ3n) is 5.71. The van der Waals surface area contributed by atoms with Gasteiger partial charge in [0.15, 0.2) is 6.10 Å². The van der Waals surface area contributed by atoms with Crippen molar-refractivity contribution in [2.24, 2.45) is 0 Å². The Balaban J connectivity index is 1.30.